The van der Waals surface area contributed by atoms with E-state index in [1.54, 1.807) is 0 Å². The quantitative estimate of drug-likeness (QED) is 0.356. The second kappa shape index (κ2) is 12.2. The molecule has 2 unspecified atom stereocenters. The molecule has 14 heteroatoms. The van der Waals surface area contributed by atoms with Gasteiger partial charge < -0.3 is 15.5 Å². The zero-order valence-corrected chi connectivity index (χ0v) is 23.1. The van der Waals surface area contributed by atoms with Gasteiger partial charge in [-0.3, -0.25) is 14.4 Å². The molecule has 38 heavy (non-hydrogen) atoms. The second-order valence-electron chi connectivity index (χ2n) is 9.80. The molecular weight excluding hydrogens is 534 g/mol. The molecule has 2 bridgehead atoms. The fourth-order valence-corrected chi connectivity index (χ4v) is 7.80. The summed E-state index contributed by atoms with van der Waals surface area (Å²) in [5.74, 6) is -1.99. The van der Waals surface area contributed by atoms with Gasteiger partial charge in [-0.05, 0) is 61.9 Å². The van der Waals surface area contributed by atoms with Gasteiger partial charge in [-0.1, -0.05) is 0 Å². The molecule has 1 saturated carbocycles. The first-order valence-electron chi connectivity index (χ1n) is 12.3. The summed E-state index contributed by atoms with van der Waals surface area (Å²) in [6.07, 6.45) is 2.85. The number of hydrogen-bond donors (Lipinski definition) is 2. The number of fused-ring (bicyclic) bond motifs is 2. The van der Waals surface area contributed by atoms with Crippen LogP contribution in [0.5, 0.6) is 0 Å². The number of sulfonamides is 1. The Bertz CT molecular complexity index is 1290. The minimum Gasteiger partial charge on any atom is -0.347 e. The van der Waals surface area contributed by atoms with E-state index in [2.05, 4.69) is 15.5 Å². The van der Waals surface area contributed by atoms with Gasteiger partial charge in [0.1, 0.15) is 0 Å². The fourth-order valence-electron chi connectivity index (χ4n) is 5.28. The van der Waals surface area contributed by atoms with Gasteiger partial charge in [0.05, 0.1) is 47.7 Å². The topological polar surface area (TPSA) is 174 Å². The maximum absolute atomic E-state index is 12.9. The van der Waals surface area contributed by atoms with E-state index in [0.717, 1.165) is 23.4 Å². The normalized spacial score (nSPS) is 21.3. The van der Waals surface area contributed by atoms with Crippen LogP contribution in [0.3, 0.4) is 0 Å². The highest BCUT2D eigenvalue weighted by Crippen LogP contribution is 2.41. The SMILES string of the molecule is CC(=O)NCC(=O)NCC(=O)N(C1C2CCC1CN(CCCS(=O)(=O)c1ccc(C#N)cc1)C2)S(C)(=O)=O. The lowest BCUT2D eigenvalue weighted by Gasteiger charge is -2.42. The summed E-state index contributed by atoms with van der Waals surface area (Å²) in [6, 6.07) is 7.23. The standard InChI is InChI=1S/C24H33N5O7S2/c1-17(30)26-13-22(31)27-14-23(32)29(37(2,33)34)24-19-6-7-20(24)16-28(15-19)10-3-11-38(35,36)21-8-4-18(12-25)5-9-21/h4-5,8-9,19-20,24H,3,6-7,10-11,13-16H2,1-2H3,(H,26,30)(H,27,31). The lowest BCUT2D eigenvalue weighted by atomic mass is 9.92. The minimum atomic E-state index is -3.91. The second-order valence-corrected chi connectivity index (χ2v) is 13.8. The van der Waals surface area contributed by atoms with Crippen LogP contribution in [-0.2, 0) is 34.2 Å². The van der Waals surface area contributed by atoms with Crippen LogP contribution < -0.4 is 10.6 Å². The van der Waals surface area contributed by atoms with Crippen molar-refractivity contribution in [1.29, 1.82) is 5.26 Å². The van der Waals surface area contributed by atoms with Gasteiger partial charge in [0.25, 0.3) is 5.91 Å². The molecule has 3 amide bonds. The van der Waals surface area contributed by atoms with Gasteiger partial charge in [0.15, 0.2) is 9.84 Å². The summed E-state index contributed by atoms with van der Waals surface area (Å²) in [6.45, 7) is 2.02. The lowest BCUT2D eigenvalue weighted by molar-refractivity contribution is -0.132. The highest BCUT2D eigenvalue weighted by Gasteiger charge is 2.49. The van der Waals surface area contributed by atoms with Crippen LogP contribution in [0.4, 0.5) is 0 Å². The van der Waals surface area contributed by atoms with Crippen LogP contribution >= 0.6 is 0 Å². The van der Waals surface area contributed by atoms with Gasteiger partial charge in [-0.15, -0.1) is 0 Å². The van der Waals surface area contributed by atoms with Crippen molar-refractivity contribution < 1.29 is 31.2 Å². The van der Waals surface area contributed by atoms with Crippen molar-refractivity contribution in [2.24, 2.45) is 11.8 Å². The smallest absolute Gasteiger partial charge is 0.255 e. The molecule has 1 aliphatic heterocycles. The molecule has 2 N–H and O–H groups in total. The van der Waals surface area contributed by atoms with Gasteiger partial charge >= 0.3 is 0 Å². The minimum absolute atomic E-state index is 0.0553. The summed E-state index contributed by atoms with van der Waals surface area (Å²) >= 11 is 0. The third kappa shape index (κ3) is 7.52. The Balaban J connectivity index is 1.58. The van der Waals surface area contributed by atoms with Gasteiger partial charge in [-0.25, -0.2) is 21.1 Å². The first kappa shape index (κ1) is 29.5. The van der Waals surface area contributed by atoms with Gasteiger partial charge in [0, 0.05) is 20.0 Å². The summed E-state index contributed by atoms with van der Waals surface area (Å²) in [4.78, 5) is 38.0. The summed E-state index contributed by atoms with van der Waals surface area (Å²) < 4.78 is 51.5. The number of nitrogens with one attached hydrogen (secondary N) is 2. The lowest BCUT2D eigenvalue weighted by Crippen LogP contribution is -2.57. The van der Waals surface area contributed by atoms with Gasteiger partial charge in [0.2, 0.25) is 21.8 Å². The Morgan fingerprint density at radius 3 is 2.16 bits per heavy atom. The van der Waals surface area contributed by atoms with Crippen molar-refractivity contribution >= 4 is 37.6 Å². The zero-order chi connectivity index (χ0) is 28.1. The predicted octanol–water partition coefficient (Wildman–Crippen LogP) is -0.527. The molecule has 2 fully saturated rings. The number of amides is 3. The van der Waals surface area contributed by atoms with E-state index in [4.69, 9.17) is 5.26 Å². The molecule has 208 valence electrons. The molecule has 0 radical (unpaired) electrons. The number of piperidine rings is 1. The van der Waals surface area contributed by atoms with Crippen molar-refractivity contribution in [2.45, 2.75) is 37.1 Å². The van der Waals surface area contributed by atoms with E-state index >= 15 is 0 Å². The Kier molecular flexibility index (Phi) is 9.50. The molecule has 1 aliphatic carbocycles. The molecule has 1 heterocycles. The number of carbonyl (C=O) groups excluding carboxylic acids is 3. The van der Waals surface area contributed by atoms with E-state index in [-0.39, 0.29) is 29.0 Å². The van der Waals surface area contributed by atoms with Crippen molar-refractivity contribution in [1.82, 2.24) is 19.8 Å². The fraction of sp³-hybridized carbons (Fsp3) is 0.583. The Labute approximate surface area is 223 Å². The van der Waals surface area contributed by atoms with E-state index < -0.39 is 50.2 Å². The predicted molar refractivity (Wildman–Crippen MR) is 138 cm³/mol. The monoisotopic (exact) mass is 567 g/mol. The zero-order valence-electron chi connectivity index (χ0n) is 21.4. The number of nitrogens with zero attached hydrogens (tertiary/aromatic N) is 3. The number of nitriles is 1. The van der Waals surface area contributed by atoms with Gasteiger partial charge in [-0.2, -0.15) is 5.26 Å². The number of hydrogen-bond acceptors (Lipinski definition) is 9. The van der Waals surface area contributed by atoms with Crippen LogP contribution in [-0.4, -0.2) is 94.5 Å². The molecule has 1 saturated heterocycles. The molecule has 12 nitrogen and oxygen atoms in total. The average molecular weight is 568 g/mol. The van der Waals surface area contributed by atoms with Crippen LogP contribution in [0.2, 0.25) is 0 Å². The summed E-state index contributed by atoms with van der Waals surface area (Å²) in [7, 11) is -7.41. The number of sulfone groups is 1. The summed E-state index contributed by atoms with van der Waals surface area (Å²) in [5, 5.41) is 13.6. The molecule has 1 aromatic carbocycles. The molecule has 3 rings (SSSR count). The molecule has 2 atom stereocenters. The highest BCUT2D eigenvalue weighted by molar-refractivity contribution is 7.91. The number of benzene rings is 1. The molecular formula is C24H33N5O7S2. The molecule has 0 spiro atoms. The Hall–Kier alpha value is -3.02. The highest BCUT2D eigenvalue weighted by atomic mass is 32.2. The third-order valence-electron chi connectivity index (χ3n) is 6.90. The largest absolute Gasteiger partial charge is 0.347 e. The number of rotatable bonds is 11. The average Bonchev–Trinajstić information content (AvgIpc) is 3.08. The van der Waals surface area contributed by atoms with E-state index in [1.165, 1.54) is 31.2 Å². The first-order valence-corrected chi connectivity index (χ1v) is 15.8. The molecule has 0 aromatic heterocycles. The summed E-state index contributed by atoms with van der Waals surface area (Å²) in [5.41, 5.74) is 0.385. The number of likely N-dealkylation sites (tertiary alicyclic amines) is 1. The van der Waals surface area contributed by atoms with Crippen LogP contribution in [0.15, 0.2) is 29.2 Å². The Morgan fingerprint density at radius 2 is 1.63 bits per heavy atom. The van der Waals surface area contributed by atoms with E-state index in [9.17, 15) is 31.2 Å². The van der Waals surface area contributed by atoms with Crippen LogP contribution in [0, 0.1) is 23.2 Å². The Morgan fingerprint density at radius 1 is 1.03 bits per heavy atom. The van der Waals surface area contributed by atoms with E-state index in [1.807, 2.05) is 6.07 Å². The van der Waals surface area contributed by atoms with Crippen molar-refractivity contribution in [3.05, 3.63) is 29.8 Å². The third-order valence-corrected chi connectivity index (χ3v) is 9.88. The maximum atomic E-state index is 12.9. The first-order chi connectivity index (χ1) is 17.8. The molecule has 2 aliphatic rings. The van der Waals surface area contributed by atoms with Crippen molar-refractivity contribution in [3.63, 3.8) is 0 Å². The maximum Gasteiger partial charge on any atom is 0.255 e. The van der Waals surface area contributed by atoms with Crippen LogP contribution in [0.1, 0.15) is 31.7 Å². The van der Waals surface area contributed by atoms with E-state index in [0.29, 0.717) is 31.6 Å². The molecule has 1 aromatic rings. The number of carbonyl (C=O) groups is 3. The van der Waals surface area contributed by atoms with Crippen LogP contribution in [0.25, 0.3) is 0 Å². The van der Waals surface area contributed by atoms with Crippen molar-refractivity contribution in [2.75, 3.05) is 44.7 Å². The van der Waals surface area contributed by atoms with Crippen molar-refractivity contribution in [3.8, 4) is 6.07 Å².